The normalized spacial score (nSPS) is 11.8. The van der Waals surface area contributed by atoms with Crippen molar-refractivity contribution in [3.8, 4) is 39.2 Å². The van der Waals surface area contributed by atoms with Crippen LogP contribution in [0.15, 0.2) is 247 Å². The van der Waals surface area contributed by atoms with Crippen LogP contribution in [-0.2, 0) is 0 Å². The summed E-state index contributed by atoms with van der Waals surface area (Å²) in [4.78, 5) is 4.91. The molecule has 0 spiro atoms. The van der Waals surface area contributed by atoms with Crippen LogP contribution in [0.1, 0.15) is 0 Å². The molecule has 0 N–H and O–H groups in total. The summed E-state index contributed by atoms with van der Waals surface area (Å²) in [6.45, 7) is 0. The molecule has 0 bridgehead atoms. The lowest BCUT2D eigenvalue weighted by atomic mass is 10.0. The lowest BCUT2D eigenvalue weighted by Crippen LogP contribution is -2.74. The fraction of sp³-hybridized carbons (Fsp3) is 0. The zero-order valence-corrected chi connectivity index (χ0v) is 35.4. The molecule has 0 aliphatic rings. The van der Waals surface area contributed by atoms with Gasteiger partial charge in [-0.2, -0.15) is 0 Å². The predicted molar refractivity (Wildman–Crippen MR) is 266 cm³/mol. The Labute approximate surface area is 366 Å². The number of nitrogens with zero attached hydrogens (tertiary/aromatic N) is 2. The Morgan fingerprint density at radius 3 is 1.57 bits per heavy atom. The predicted octanol–water partition coefficient (Wildman–Crippen LogP) is 12.5. The van der Waals surface area contributed by atoms with E-state index >= 15 is 0 Å². The highest BCUT2D eigenvalue weighted by molar-refractivity contribution is 7.19. The van der Waals surface area contributed by atoms with Gasteiger partial charge in [0.25, 0.3) is 0 Å². The third-order valence-electron chi connectivity index (χ3n) is 12.8. The molecule has 296 valence electrons. The zero-order chi connectivity index (χ0) is 41.7. The third kappa shape index (κ3) is 6.14. The molecule has 3 heterocycles. The van der Waals surface area contributed by atoms with Crippen LogP contribution in [0, 0.1) is 0 Å². The van der Waals surface area contributed by atoms with E-state index in [2.05, 4.69) is 229 Å². The standard InChI is InChI=1S/C59H40N2OSi/c1-4-16-47(17-5-1)63(48-18-6-2-7-19-48,49-20-8-3-9-21-49)50-22-14-15-42(37-50)45-35-36-60-55(40-45)41-27-31-46(32-28-41)61-56-25-12-10-23-51(56)53-38-43(29-33-57(53)61)44-30-34-59-54(39-44)52-24-11-13-26-58(52)62-59/h1-40H. The minimum atomic E-state index is -2.67. The molecule has 0 aliphatic carbocycles. The summed E-state index contributed by atoms with van der Waals surface area (Å²) < 4.78 is 8.51. The van der Waals surface area contributed by atoms with Crippen LogP contribution in [0.4, 0.5) is 0 Å². The van der Waals surface area contributed by atoms with Crippen molar-refractivity contribution in [1.29, 1.82) is 0 Å². The van der Waals surface area contributed by atoms with Gasteiger partial charge in [0.15, 0.2) is 8.07 Å². The van der Waals surface area contributed by atoms with Gasteiger partial charge in [0.2, 0.25) is 0 Å². The van der Waals surface area contributed by atoms with E-state index in [-0.39, 0.29) is 0 Å². The van der Waals surface area contributed by atoms with Crippen LogP contribution >= 0.6 is 0 Å². The molecular formula is C59H40N2OSi. The molecule has 63 heavy (non-hydrogen) atoms. The molecule has 0 saturated carbocycles. The van der Waals surface area contributed by atoms with Gasteiger partial charge in [-0.05, 0) is 104 Å². The van der Waals surface area contributed by atoms with Crippen molar-refractivity contribution in [3.63, 3.8) is 0 Å². The number of hydrogen-bond donors (Lipinski definition) is 0. The molecule has 0 radical (unpaired) electrons. The summed E-state index contributed by atoms with van der Waals surface area (Å²) in [6.07, 6.45) is 1.94. The maximum atomic E-state index is 6.14. The maximum absolute atomic E-state index is 6.14. The Morgan fingerprint density at radius 1 is 0.333 bits per heavy atom. The number of pyridine rings is 1. The van der Waals surface area contributed by atoms with E-state index in [1.165, 1.54) is 59.2 Å². The SMILES string of the molecule is c1ccc([Si](c2ccccc2)(c2ccccc2)c2cccc(-c3ccnc(-c4ccc(-n5c6ccccc6c6cc(-c7ccc8oc9ccccc9c8c7)ccc65)cc4)c3)c2)cc1. The Morgan fingerprint density at radius 2 is 0.857 bits per heavy atom. The first-order chi connectivity index (χ1) is 31.2. The van der Waals surface area contributed by atoms with Gasteiger partial charge in [-0.3, -0.25) is 4.98 Å². The second-order valence-electron chi connectivity index (χ2n) is 16.3. The Balaban J connectivity index is 0.911. The molecule has 0 amide bonds. The Bertz CT molecular complexity index is 3510. The molecule has 0 atom stereocenters. The van der Waals surface area contributed by atoms with Crippen LogP contribution in [0.2, 0.25) is 0 Å². The molecule has 9 aromatic carbocycles. The highest BCUT2D eigenvalue weighted by Gasteiger charge is 2.41. The van der Waals surface area contributed by atoms with E-state index in [1.807, 2.05) is 18.3 Å². The zero-order valence-electron chi connectivity index (χ0n) is 34.4. The molecule has 12 aromatic rings. The summed E-state index contributed by atoms with van der Waals surface area (Å²) in [5.74, 6) is 0. The fourth-order valence-corrected chi connectivity index (χ4v) is 14.7. The van der Waals surface area contributed by atoms with Crippen molar-refractivity contribution in [2.45, 2.75) is 0 Å². The van der Waals surface area contributed by atoms with E-state index in [1.54, 1.807) is 0 Å². The van der Waals surface area contributed by atoms with Crippen molar-refractivity contribution in [2.24, 2.45) is 0 Å². The molecule has 0 aliphatic heterocycles. The minimum Gasteiger partial charge on any atom is -0.456 e. The quantitative estimate of drug-likeness (QED) is 0.113. The Kier molecular flexibility index (Phi) is 8.84. The van der Waals surface area contributed by atoms with E-state index in [0.717, 1.165) is 44.4 Å². The van der Waals surface area contributed by atoms with Crippen molar-refractivity contribution in [2.75, 3.05) is 0 Å². The van der Waals surface area contributed by atoms with Gasteiger partial charge >= 0.3 is 0 Å². The number of fused-ring (bicyclic) bond motifs is 6. The third-order valence-corrected chi connectivity index (χ3v) is 17.6. The molecule has 0 saturated heterocycles. The molecule has 3 aromatic heterocycles. The summed E-state index contributed by atoms with van der Waals surface area (Å²) in [7, 11) is -2.67. The van der Waals surface area contributed by atoms with E-state index in [9.17, 15) is 0 Å². The van der Waals surface area contributed by atoms with Crippen molar-refractivity contribution >= 4 is 72.6 Å². The van der Waals surface area contributed by atoms with Crippen LogP contribution in [0.25, 0.3) is 82.9 Å². The van der Waals surface area contributed by atoms with Gasteiger partial charge in [0, 0.05) is 39.0 Å². The highest BCUT2D eigenvalue weighted by atomic mass is 28.3. The largest absolute Gasteiger partial charge is 0.456 e. The van der Waals surface area contributed by atoms with Gasteiger partial charge in [-0.15, -0.1) is 0 Å². The van der Waals surface area contributed by atoms with E-state index < -0.39 is 8.07 Å². The summed E-state index contributed by atoms with van der Waals surface area (Å²) in [5, 5.41) is 10.2. The molecule has 12 rings (SSSR count). The van der Waals surface area contributed by atoms with Crippen molar-refractivity contribution in [3.05, 3.63) is 243 Å². The maximum Gasteiger partial charge on any atom is 0.179 e. The summed E-state index contributed by atoms with van der Waals surface area (Å²) in [5.41, 5.74) is 12.0. The van der Waals surface area contributed by atoms with Gasteiger partial charge < -0.3 is 8.98 Å². The highest BCUT2D eigenvalue weighted by Crippen LogP contribution is 2.37. The number of furan rings is 1. The smallest absolute Gasteiger partial charge is 0.179 e. The first kappa shape index (κ1) is 36.8. The second-order valence-corrected chi connectivity index (χ2v) is 20.1. The average molecular weight is 821 g/mol. The number of para-hydroxylation sites is 2. The summed E-state index contributed by atoms with van der Waals surface area (Å²) >= 11 is 0. The summed E-state index contributed by atoms with van der Waals surface area (Å²) in [6, 6.07) is 86.1. The minimum absolute atomic E-state index is 0.909. The van der Waals surface area contributed by atoms with Gasteiger partial charge in [-0.25, -0.2) is 0 Å². The average Bonchev–Trinajstić information content (AvgIpc) is 3.91. The van der Waals surface area contributed by atoms with Crippen LogP contribution in [0.5, 0.6) is 0 Å². The lowest BCUT2D eigenvalue weighted by Gasteiger charge is -2.34. The lowest BCUT2D eigenvalue weighted by molar-refractivity contribution is 0.669. The van der Waals surface area contributed by atoms with Gasteiger partial charge in [0.05, 0.1) is 16.7 Å². The number of hydrogen-bond acceptors (Lipinski definition) is 2. The molecule has 4 heteroatoms. The van der Waals surface area contributed by atoms with E-state index in [4.69, 9.17) is 9.40 Å². The van der Waals surface area contributed by atoms with Crippen molar-refractivity contribution in [1.82, 2.24) is 9.55 Å². The van der Waals surface area contributed by atoms with Gasteiger partial charge in [0.1, 0.15) is 11.2 Å². The number of benzene rings is 9. The first-order valence-electron chi connectivity index (χ1n) is 21.5. The molecular weight excluding hydrogens is 781 g/mol. The van der Waals surface area contributed by atoms with E-state index in [0.29, 0.717) is 0 Å². The van der Waals surface area contributed by atoms with Crippen molar-refractivity contribution < 1.29 is 4.42 Å². The molecule has 0 fully saturated rings. The number of rotatable bonds is 8. The fourth-order valence-electron chi connectivity index (χ4n) is 9.88. The van der Waals surface area contributed by atoms with Crippen LogP contribution < -0.4 is 20.7 Å². The molecule has 0 unspecified atom stereocenters. The van der Waals surface area contributed by atoms with Crippen LogP contribution in [0.3, 0.4) is 0 Å². The topological polar surface area (TPSA) is 31.0 Å². The van der Waals surface area contributed by atoms with Crippen LogP contribution in [-0.4, -0.2) is 17.6 Å². The second kappa shape index (κ2) is 15.1. The monoisotopic (exact) mass is 820 g/mol. The number of aromatic nitrogens is 2. The first-order valence-corrected chi connectivity index (χ1v) is 23.5. The Hall–Kier alpha value is -8.05. The molecule has 3 nitrogen and oxygen atoms in total. The van der Waals surface area contributed by atoms with Gasteiger partial charge in [-0.1, -0.05) is 176 Å².